The molecule has 0 radical (unpaired) electrons. The average Bonchev–Trinajstić information content (AvgIpc) is 3.63. The highest BCUT2D eigenvalue weighted by Gasteiger charge is 2.48. The van der Waals surface area contributed by atoms with E-state index in [1.165, 1.54) is 5.56 Å². The molecule has 1 heterocycles. The number of carbonyl (C=O) groups excluding carboxylic acids is 1. The number of benzene rings is 2. The molecule has 1 unspecified atom stereocenters. The average molecular weight is 481 g/mol. The van der Waals surface area contributed by atoms with Crippen LogP contribution < -0.4 is 4.74 Å². The second-order valence-corrected chi connectivity index (χ2v) is 10.7. The number of piperidine rings is 1. The van der Waals surface area contributed by atoms with Crippen molar-refractivity contribution >= 4 is 6.09 Å². The van der Waals surface area contributed by atoms with Crippen LogP contribution in [0.2, 0.25) is 0 Å². The fourth-order valence-electron chi connectivity index (χ4n) is 4.99. The molecule has 6 heteroatoms. The zero-order valence-corrected chi connectivity index (χ0v) is 21.6. The van der Waals surface area contributed by atoms with Crippen molar-refractivity contribution < 1.29 is 19.0 Å². The summed E-state index contributed by atoms with van der Waals surface area (Å²) in [7, 11) is 1.74. The normalized spacial score (nSPS) is 21.8. The Balaban J connectivity index is 1.33. The fourth-order valence-corrected chi connectivity index (χ4v) is 4.99. The van der Waals surface area contributed by atoms with Gasteiger partial charge in [-0.2, -0.15) is 0 Å². The van der Waals surface area contributed by atoms with E-state index in [1.807, 2.05) is 57.2 Å². The summed E-state index contributed by atoms with van der Waals surface area (Å²) in [6.45, 7) is 9.01. The van der Waals surface area contributed by atoms with Gasteiger partial charge in [0.2, 0.25) is 0 Å². The van der Waals surface area contributed by atoms with E-state index in [0.29, 0.717) is 12.5 Å². The minimum Gasteiger partial charge on any atom is -0.491 e. The maximum atomic E-state index is 13.3. The number of methoxy groups -OCH3 is 1. The van der Waals surface area contributed by atoms with Gasteiger partial charge >= 0.3 is 6.09 Å². The molecule has 1 saturated heterocycles. The molecule has 1 aliphatic carbocycles. The van der Waals surface area contributed by atoms with Gasteiger partial charge in [0.15, 0.2) is 0 Å². The van der Waals surface area contributed by atoms with Crippen LogP contribution in [0.25, 0.3) is 0 Å². The maximum Gasteiger partial charge on any atom is 0.410 e. The molecule has 35 heavy (non-hydrogen) atoms. The Morgan fingerprint density at radius 3 is 2.26 bits per heavy atom. The van der Waals surface area contributed by atoms with Crippen molar-refractivity contribution in [2.24, 2.45) is 0 Å². The lowest BCUT2D eigenvalue weighted by Gasteiger charge is -2.40. The van der Waals surface area contributed by atoms with E-state index in [0.717, 1.165) is 44.6 Å². The van der Waals surface area contributed by atoms with Gasteiger partial charge in [0.1, 0.15) is 24.1 Å². The van der Waals surface area contributed by atoms with Crippen LogP contribution in [-0.2, 0) is 9.47 Å². The third kappa shape index (κ3) is 7.21. The predicted octanol–water partition coefficient (Wildman–Crippen LogP) is 5.34. The van der Waals surface area contributed by atoms with E-state index in [2.05, 4.69) is 34.1 Å². The van der Waals surface area contributed by atoms with Crippen LogP contribution in [0.15, 0.2) is 60.7 Å². The van der Waals surface area contributed by atoms with Crippen LogP contribution in [-0.4, -0.2) is 73.0 Å². The Morgan fingerprint density at radius 2 is 1.66 bits per heavy atom. The molecule has 3 atom stereocenters. The van der Waals surface area contributed by atoms with Gasteiger partial charge in [-0.15, -0.1) is 0 Å². The largest absolute Gasteiger partial charge is 0.491 e. The molecular weight excluding hydrogens is 440 g/mol. The number of carbonyl (C=O) groups is 1. The first-order valence-corrected chi connectivity index (χ1v) is 12.8. The van der Waals surface area contributed by atoms with E-state index >= 15 is 0 Å². The number of hydrogen-bond acceptors (Lipinski definition) is 5. The van der Waals surface area contributed by atoms with E-state index < -0.39 is 5.60 Å². The number of hydrogen-bond donors (Lipinski definition) is 0. The Hall–Kier alpha value is -2.57. The molecule has 6 nitrogen and oxygen atoms in total. The zero-order valence-electron chi connectivity index (χ0n) is 21.6. The van der Waals surface area contributed by atoms with E-state index in [-0.39, 0.29) is 24.3 Å². The van der Waals surface area contributed by atoms with Gasteiger partial charge in [-0.05, 0) is 57.7 Å². The predicted molar refractivity (Wildman–Crippen MR) is 138 cm³/mol. The van der Waals surface area contributed by atoms with Crippen LogP contribution in [0, 0.1) is 0 Å². The molecule has 0 bridgehead atoms. The number of ether oxygens (including phenoxy) is 3. The fraction of sp³-hybridized carbons (Fsp3) is 0.552. The number of nitrogens with zero attached hydrogens (tertiary/aromatic N) is 2. The van der Waals surface area contributed by atoms with Crippen molar-refractivity contribution in [1.82, 2.24) is 9.80 Å². The minimum absolute atomic E-state index is 0.000363. The summed E-state index contributed by atoms with van der Waals surface area (Å²) in [5, 5.41) is 0. The second kappa shape index (κ2) is 11.4. The number of amides is 1. The quantitative estimate of drug-likeness (QED) is 0.485. The summed E-state index contributed by atoms with van der Waals surface area (Å²) >= 11 is 0. The molecule has 2 aliphatic rings. The van der Waals surface area contributed by atoms with Gasteiger partial charge in [-0.3, -0.25) is 0 Å². The van der Waals surface area contributed by atoms with Crippen LogP contribution >= 0.6 is 0 Å². The lowest BCUT2D eigenvalue weighted by atomic mass is 10.0. The van der Waals surface area contributed by atoms with Crippen molar-refractivity contribution in [2.45, 2.75) is 69.7 Å². The van der Waals surface area contributed by atoms with E-state index in [9.17, 15) is 4.79 Å². The van der Waals surface area contributed by atoms with Gasteiger partial charge in [-0.25, -0.2) is 4.79 Å². The first-order chi connectivity index (χ1) is 16.8. The van der Waals surface area contributed by atoms with Crippen molar-refractivity contribution in [3.8, 4) is 5.75 Å². The van der Waals surface area contributed by atoms with Crippen LogP contribution in [0.4, 0.5) is 4.79 Å². The van der Waals surface area contributed by atoms with E-state index in [4.69, 9.17) is 14.2 Å². The Morgan fingerprint density at radius 1 is 1.03 bits per heavy atom. The Bertz CT molecular complexity index is 923. The van der Waals surface area contributed by atoms with Gasteiger partial charge in [-0.1, -0.05) is 48.5 Å². The summed E-state index contributed by atoms with van der Waals surface area (Å²) in [6.07, 6.45) is 2.71. The molecule has 4 rings (SSSR count). The van der Waals surface area contributed by atoms with Crippen LogP contribution in [0.1, 0.15) is 51.5 Å². The lowest BCUT2D eigenvalue weighted by Crippen LogP contribution is -2.51. The third-order valence-corrected chi connectivity index (χ3v) is 6.87. The van der Waals surface area contributed by atoms with Gasteiger partial charge in [0.25, 0.3) is 0 Å². The van der Waals surface area contributed by atoms with Gasteiger partial charge < -0.3 is 24.0 Å². The molecule has 190 valence electrons. The highest BCUT2D eigenvalue weighted by Crippen LogP contribution is 2.46. The highest BCUT2D eigenvalue weighted by atomic mass is 16.6. The molecule has 2 fully saturated rings. The summed E-state index contributed by atoms with van der Waals surface area (Å²) in [4.78, 5) is 17.8. The van der Waals surface area contributed by atoms with Crippen LogP contribution in [0.3, 0.4) is 0 Å². The maximum absolute atomic E-state index is 13.3. The molecule has 0 aromatic heterocycles. The third-order valence-electron chi connectivity index (χ3n) is 6.87. The van der Waals surface area contributed by atoms with Crippen molar-refractivity contribution in [3.63, 3.8) is 0 Å². The second-order valence-electron chi connectivity index (χ2n) is 10.7. The Kier molecular flexibility index (Phi) is 8.34. The monoisotopic (exact) mass is 480 g/mol. The Labute approximate surface area is 210 Å². The van der Waals surface area contributed by atoms with Crippen molar-refractivity contribution in [2.75, 3.05) is 33.4 Å². The molecule has 1 saturated carbocycles. The molecule has 2 aromatic carbocycles. The summed E-state index contributed by atoms with van der Waals surface area (Å²) in [6, 6.07) is 20.8. The minimum atomic E-state index is -0.502. The molecular formula is C29H40N2O4. The number of para-hydroxylation sites is 1. The molecule has 1 aliphatic heterocycles. The summed E-state index contributed by atoms with van der Waals surface area (Å²) in [5.74, 6) is 1.26. The topological polar surface area (TPSA) is 51.2 Å². The number of likely N-dealkylation sites (tertiary alicyclic amines) is 1. The van der Waals surface area contributed by atoms with Crippen molar-refractivity contribution in [1.29, 1.82) is 0 Å². The SMILES string of the molecule is COC(COc1ccccc1)CN1CCC(N(C(=O)OC(C)(C)C)[C@H]2C[C@@H]2c2ccccc2)CC1. The summed E-state index contributed by atoms with van der Waals surface area (Å²) in [5.41, 5.74) is 0.808. The molecule has 0 spiro atoms. The van der Waals surface area contributed by atoms with Crippen molar-refractivity contribution in [3.05, 3.63) is 66.2 Å². The lowest BCUT2D eigenvalue weighted by molar-refractivity contribution is -0.00405. The summed E-state index contributed by atoms with van der Waals surface area (Å²) < 4.78 is 17.5. The standard InChI is InChI=1S/C29H40N2O4/c1-29(2,3)35-28(32)31(27-19-26(27)22-11-7-5-8-12-22)23-15-17-30(18-16-23)20-25(33-4)21-34-24-13-9-6-10-14-24/h5-14,23,25-27H,15-21H2,1-4H3/t25?,26-,27+/m1/s1. The van der Waals surface area contributed by atoms with Crippen LogP contribution in [0.5, 0.6) is 5.75 Å². The first kappa shape index (κ1) is 25.5. The molecule has 1 amide bonds. The highest BCUT2D eigenvalue weighted by molar-refractivity contribution is 5.70. The van der Waals surface area contributed by atoms with E-state index in [1.54, 1.807) is 7.11 Å². The first-order valence-electron chi connectivity index (χ1n) is 12.8. The molecule has 0 N–H and O–H groups in total. The molecule has 2 aromatic rings. The number of rotatable bonds is 9. The van der Waals surface area contributed by atoms with Gasteiger partial charge in [0.05, 0.1) is 0 Å². The van der Waals surface area contributed by atoms with Gasteiger partial charge in [0, 0.05) is 44.7 Å². The smallest absolute Gasteiger partial charge is 0.410 e. The zero-order chi connectivity index (χ0) is 24.8.